The van der Waals surface area contributed by atoms with Gasteiger partial charge in [-0.05, 0) is 0 Å². The molecular formula is C3H5I. The van der Waals surface area contributed by atoms with Gasteiger partial charge in [0, 0.05) is 4.43 Å². The van der Waals surface area contributed by atoms with Crippen molar-refractivity contribution in [1.82, 2.24) is 0 Å². The summed E-state index contributed by atoms with van der Waals surface area (Å²) in [4.78, 5) is 0. The van der Waals surface area contributed by atoms with E-state index in [-0.39, 0.29) is 0 Å². The van der Waals surface area contributed by atoms with Crippen LogP contribution in [0.1, 0.15) is 2.74 Å². The average Bonchev–Trinajstić information content (AvgIpc) is 1.65. The van der Waals surface area contributed by atoms with E-state index in [1.54, 1.807) is 0 Å². The highest BCUT2D eigenvalue weighted by Crippen LogP contribution is 1.75. The highest BCUT2D eigenvalue weighted by Gasteiger charge is 1.47. The van der Waals surface area contributed by atoms with E-state index in [9.17, 15) is 0 Å². The summed E-state index contributed by atoms with van der Waals surface area (Å²) in [5.41, 5.74) is 0. The van der Waals surface area contributed by atoms with Crippen molar-refractivity contribution in [3.63, 3.8) is 0 Å². The Morgan fingerprint density at radius 1 is 2.75 bits per heavy atom. The smallest absolute Gasteiger partial charge is 0.0578 e. The van der Waals surface area contributed by atoms with E-state index in [0.29, 0.717) is 10.5 Å². The minimum atomic E-state index is 0.371. The Hall–Kier alpha value is 0.470. The van der Waals surface area contributed by atoms with E-state index < -0.39 is 0 Å². The zero-order valence-electron chi connectivity index (χ0n) is 4.16. The van der Waals surface area contributed by atoms with Gasteiger partial charge in [0.15, 0.2) is 0 Å². The van der Waals surface area contributed by atoms with Gasteiger partial charge in [-0.2, -0.15) is 0 Å². The molecule has 0 amide bonds. The van der Waals surface area contributed by atoms with Gasteiger partial charge in [-0.3, -0.25) is 0 Å². The van der Waals surface area contributed by atoms with Crippen LogP contribution >= 0.6 is 22.6 Å². The second-order valence-corrected chi connectivity index (χ2v) is 1.10. The van der Waals surface area contributed by atoms with E-state index >= 15 is 0 Å². The van der Waals surface area contributed by atoms with Crippen molar-refractivity contribution in [1.29, 1.82) is 0 Å². The second-order valence-electron chi connectivity index (χ2n) is 0.338. The molecule has 1 heteroatoms. The topological polar surface area (TPSA) is 0 Å². The number of alkyl halides is 1. The Kier molecular flexibility index (Phi) is 1.56. The molecule has 0 bridgehead atoms. The molecule has 0 aliphatic heterocycles. The normalized spacial score (nSPS) is 18.8. The molecule has 0 saturated carbocycles. The first-order valence-corrected chi connectivity index (χ1v) is 2.44. The predicted octanol–water partition coefficient (Wildman–Crippen LogP) is 1.61. The lowest BCUT2D eigenvalue weighted by Crippen LogP contribution is -1.43. The lowest BCUT2D eigenvalue weighted by Gasteiger charge is -1.55. The molecule has 0 heterocycles. The fourth-order valence-electron chi connectivity index (χ4n) is 0. The summed E-state index contributed by atoms with van der Waals surface area (Å²) in [5, 5.41) is 0. The van der Waals surface area contributed by atoms with E-state index in [1.165, 1.54) is 0 Å². The van der Waals surface area contributed by atoms with Crippen LogP contribution in [0, 0.1) is 0 Å². The third kappa shape index (κ3) is 2.47. The first-order valence-electron chi connectivity index (χ1n) is 1.99. The van der Waals surface area contributed by atoms with Crippen molar-refractivity contribution in [2.75, 3.05) is 4.43 Å². The summed E-state index contributed by atoms with van der Waals surface area (Å²) >= 11 is 2.04. The Morgan fingerprint density at radius 3 is 3.50 bits per heavy atom. The van der Waals surface area contributed by atoms with Gasteiger partial charge in [-0.25, -0.2) is 0 Å². The number of halogens is 1. The largest absolute Gasteiger partial charge is 0.102 e. The van der Waals surface area contributed by atoms with Crippen LogP contribution in [0.2, 0.25) is 0 Å². The van der Waals surface area contributed by atoms with Gasteiger partial charge in [0.25, 0.3) is 0 Å². The summed E-state index contributed by atoms with van der Waals surface area (Å²) < 4.78 is 13.8. The van der Waals surface area contributed by atoms with E-state index in [1.807, 2.05) is 22.6 Å². The van der Waals surface area contributed by atoms with Gasteiger partial charge in [0.05, 0.1) is 2.74 Å². The lowest BCUT2D eigenvalue weighted by atomic mass is 10.8. The summed E-state index contributed by atoms with van der Waals surface area (Å²) in [6, 6.07) is 0.371. The van der Waals surface area contributed by atoms with Crippen LogP contribution in [0.4, 0.5) is 0 Å². The first-order chi connectivity index (χ1) is 2.81. The van der Waals surface area contributed by atoms with Gasteiger partial charge in [-0.1, -0.05) is 28.6 Å². The van der Waals surface area contributed by atoms with Crippen molar-refractivity contribution in [3.8, 4) is 0 Å². The Balaban J connectivity index is 3.22. The number of hydrogen-bond donors (Lipinski definition) is 0. The van der Waals surface area contributed by atoms with E-state index in [0.717, 1.165) is 6.55 Å². The van der Waals surface area contributed by atoms with Crippen LogP contribution in [0.3, 0.4) is 0 Å². The Bertz CT molecular complexity index is 59.8. The summed E-state index contributed by atoms with van der Waals surface area (Å²) in [6.45, 7) is 1.05. The molecule has 0 nitrogen and oxygen atoms in total. The maximum atomic E-state index is 6.74. The maximum absolute atomic E-state index is 6.74. The molecule has 0 saturated heterocycles. The minimum Gasteiger partial charge on any atom is -0.102 e. The molecule has 0 spiro atoms. The zero-order chi connectivity index (χ0) is 4.99. The molecule has 0 radical (unpaired) electrons. The number of hydrogen-bond acceptors (Lipinski definition) is 0. The van der Waals surface area contributed by atoms with Crippen LogP contribution in [0.5, 0.6) is 0 Å². The van der Waals surface area contributed by atoms with Crippen molar-refractivity contribution < 1.29 is 2.74 Å². The molecule has 0 aromatic rings. The molecule has 0 aromatic carbocycles. The molecule has 0 aliphatic carbocycles. The maximum Gasteiger partial charge on any atom is 0.0578 e. The van der Waals surface area contributed by atoms with Crippen LogP contribution in [-0.4, -0.2) is 4.43 Å². The fraction of sp³-hybridized carbons (Fsp3) is 0.333. The van der Waals surface area contributed by atoms with Crippen molar-refractivity contribution in [3.05, 3.63) is 12.6 Å². The third-order valence-electron chi connectivity index (χ3n) is 0.0772. The number of allylic oxidation sites excluding steroid dienone is 1. The molecule has 4 heavy (non-hydrogen) atoms. The van der Waals surface area contributed by atoms with Gasteiger partial charge in [0.1, 0.15) is 0 Å². The van der Waals surface area contributed by atoms with Gasteiger partial charge in [-0.15, -0.1) is 6.55 Å². The van der Waals surface area contributed by atoms with Crippen LogP contribution in [0.25, 0.3) is 0 Å². The standard InChI is InChI=1S/C3H5I/c1-2-3-4/h2H,1,3H2/i1D,2D. The highest BCUT2D eigenvalue weighted by molar-refractivity contribution is 14.1. The Morgan fingerprint density at radius 2 is 3.50 bits per heavy atom. The second kappa shape index (κ2) is 3.47. The van der Waals surface area contributed by atoms with Crippen molar-refractivity contribution in [2.24, 2.45) is 0 Å². The molecule has 0 atom stereocenters. The molecule has 0 fully saturated rings. The summed E-state index contributed by atoms with van der Waals surface area (Å²) in [7, 11) is 0. The third-order valence-corrected chi connectivity index (χ3v) is 0.518. The Labute approximate surface area is 42.9 Å². The first kappa shape index (κ1) is 1.80. The number of rotatable bonds is 1. The summed E-state index contributed by atoms with van der Waals surface area (Å²) in [5.74, 6) is 0. The van der Waals surface area contributed by atoms with Gasteiger partial charge < -0.3 is 0 Å². The monoisotopic (exact) mass is 170 g/mol. The molecule has 0 aliphatic rings. The molecule has 0 N–H and O–H groups in total. The summed E-state index contributed by atoms with van der Waals surface area (Å²) in [6.07, 6.45) is 0. The molecular weight excluding hydrogens is 163 g/mol. The highest BCUT2D eigenvalue weighted by atomic mass is 127. The van der Waals surface area contributed by atoms with E-state index in [4.69, 9.17) is 2.74 Å². The van der Waals surface area contributed by atoms with Gasteiger partial charge >= 0.3 is 0 Å². The lowest BCUT2D eigenvalue weighted by molar-refractivity contribution is 1.90. The predicted molar refractivity (Wildman–Crippen MR) is 29.1 cm³/mol. The van der Waals surface area contributed by atoms with Crippen LogP contribution in [0.15, 0.2) is 12.6 Å². The molecule has 0 aromatic heterocycles. The van der Waals surface area contributed by atoms with Crippen LogP contribution in [-0.2, 0) is 0 Å². The zero-order valence-corrected chi connectivity index (χ0v) is 4.32. The van der Waals surface area contributed by atoms with Crippen molar-refractivity contribution >= 4 is 22.6 Å². The SMILES string of the molecule is [2H]C=C([2H])CI. The van der Waals surface area contributed by atoms with E-state index in [2.05, 4.69) is 0 Å². The van der Waals surface area contributed by atoms with Crippen LogP contribution < -0.4 is 0 Å². The molecule has 0 rings (SSSR count). The fourth-order valence-corrected chi connectivity index (χ4v) is 0. The van der Waals surface area contributed by atoms with Gasteiger partial charge in [0.2, 0.25) is 0 Å². The molecule has 24 valence electrons. The van der Waals surface area contributed by atoms with Crippen molar-refractivity contribution in [2.45, 2.75) is 0 Å². The minimum absolute atomic E-state index is 0.371. The average molecular weight is 170 g/mol. The molecule has 0 unspecified atom stereocenters. The quantitative estimate of drug-likeness (QED) is 0.318.